The fourth-order valence-electron chi connectivity index (χ4n) is 3.44. The maximum absolute atomic E-state index is 12.5. The van der Waals surface area contributed by atoms with Crippen molar-refractivity contribution in [1.82, 2.24) is 15.2 Å². The van der Waals surface area contributed by atoms with Gasteiger partial charge in [-0.3, -0.25) is 4.79 Å². The zero-order valence-corrected chi connectivity index (χ0v) is 10.9. The van der Waals surface area contributed by atoms with Gasteiger partial charge in [0, 0.05) is 6.04 Å². The lowest BCUT2D eigenvalue weighted by molar-refractivity contribution is -0.141. The minimum absolute atomic E-state index is 0.0477. The van der Waals surface area contributed by atoms with Crippen molar-refractivity contribution in [3.05, 3.63) is 5.69 Å². The van der Waals surface area contributed by atoms with Crippen LogP contribution in [0.5, 0.6) is 0 Å². The first-order valence-corrected chi connectivity index (χ1v) is 6.73. The number of carbonyl (C=O) groups is 2. The molecule has 0 bridgehead atoms. The lowest BCUT2D eigenvalue weighted by Crippen LogP contribution is -2.46. The third kappa shape index (κ3) is 1.91. The van der Waals surface area contributed by atoms with E-state index < -0.39 is 17.9 Å². The van der Waals surface area contributed by atoms with Crippen molar-refractivity contribution in [1.29, 1.82) is 0 Å². The summed E-state index contributed by atoms with van der Waals surface area (Å²) in [5.74, 6) is -1.33. The molecule has 3 unspecified atom stereocenters. The van der Waals surface area contributed by atoms with Crippen LogP contribution in [0, 0.1) is 5.92 Å². The highest BCUT2D eigenvalue weighted by atomic mass is 16.6. The van der Waals surface area contributed by atoms with Gasteiger partial charge >= 0.3 is 5.97 Å². The Morgan fingerprint density at radius 2 is 2.05 bits per heavy atom. The van der Waals surface area contributed by atoms with Gasteiger partial charge in [-0.2, -0.15) is 0 Å². The average Bonchev–Trinajstić information content (AvgIpc) is 3.01. The molecular formula is C12H16N4O4. The third-order valence-corrected chi connectivity index (χ3v) is 4.32. The molecule has 0 radical (unpaired) electrons. The second-order valence-electron chi connectivity index (χ2n) is 5.41. The number of fused-ring (bicyclic) bond motifs is 1. The number of hydrogen-bond acceptors (Lipinski definition) is 6. The van der Waals surface area contributed by atoms with E-state index >= 15 is 0 Å². The van der Waals surface area contributed by atoms with E-state index in [4.69, 9.17) is 5.73 Å². The highest BCUT2D eigenvalue weighted by Crippen LogP contribution is 2.40. The van der Waals surface area contributed by atoms with E-state index in [0.29, 0.717) is 6.42 Å². The van der Waals surface area contributed by atoms with Crippen molar-refractivity contribution in [3.8, 4) is 0 Å². The lowest BCUT2D eigenvalue weighted by atomic mass is 9.84. The summed E-state index contributed by atoms with van der Waals surface area (Å²) in [6.45, 7) is 0. The maximum atomic E-state index is 12.5. The summed E-state index contributed by atoms with van der Waals surface area (Å²) in [7, 11) is 0. The van der Waals surface area contributed by atoms with Crippen molar-refractivity contribution in [2.24, 2.45) is 5.92 Å². The fraction of sp³-hybridized carbons (Fsp3) is 0.667. The van der Waals surface area contributed by atoms with Crippen LogP contribution in [0.2, 0.25) is 0 Å². The SMILES string of the molecule is Nc1nonc1C(=O)N1C(C(=O)O)CC2CCCCC21. The highest BCUT2D eigenvalue weighted by Gasteiger charge is 2.48. The molecular weight excluding hydrogens is 264 g/mol. The third-order valence-electron chi connectivity index (χ3n) is 4.32. The first kappa shape index (κ1) is 12.9. The predicted molar refractivity (Wildman–Crippen MR) is 66.7 cm³/mol. The molecule has 3 rings (SSSR count). The van der Waals surface area contributed by atoms with Crippen LogP contribution in [-0.4, -0.2) is 44.3 Å². The zero-order valence-electron chi connectivity index (χ0n) is 10.9. The normalized spacial score (nSPS) is 29.2. The van der Waals surface area contributed by atoms with Crippen LogP contribution in [0.15, 0.2) is 4.63 Å². The van der Waals surface area contributed by atoms with Crippen molar-refractivity contribution < 1.29 is 19.3 Å². The molecule has 1 aromatic rings. The van der Waals surface area contributed by atoms with E-state index in [0.717, 1.165) is 25.7 Å². The van der Waals surface area contributed by atoms with E-state index in [-0.39, 0.29) is 23.5 Å². The second-order valence-corrected chi connectivity index (χ2v) is 5.41. The molecule has 1 aromatic heterocycles. The smallest absolute Gasteiger partial charge is 0.326 e. The summed E-state index contributed by atoms with van der Waals surface area (Å²) in [5, 5.41) is 16.2. The molecule has 0 aromatic carbocycles. The molecule has 108 valence electrons. The second kappa shape index (κ2) is 4.77. The standard InChI is InChI=1S/C12H16N4O4/c13-10-9(14-20-15-10)11(17)16-7-4-2-1-3-6(7)5-8(16)12(18)19/h6-8H,1-5H2,(H2,13,15)(H,18,19). The first-order chi connectivity index (χ1) is 9.59. The van der Waals surface area contributed by atoms with E-state index in [9.17, 15) is 14.7 Å². The molecule has 1 saturated heterocycles. The van der Waals surface area contributed by atoms with Crippen molar-refractivity contribution >= 4 is 17.7 Å². The molecule has 2 fully saturated rings. The Labute approximate surface area is 114 Å². The number of carbonyl (C=O) groups excluding carboxylic acids is 1. The number of amides is 1. The molecule has 8 nitrogen and oxygen atoms in total. The van der Waals surface area contributed by atoms with Crippen LogP contribution < -0.4 is 5.73 Å². The van der Waals surface area contributed by atoms with Gasteiger partial charge in [-0.25, -0.2) is 9.42 Å². The number of rotatable bonds is 2. The number of hydrogen-bond donors (Lipinski definition) is 2. The van der Waals surface area contributed by atoms with Crippen molar-refractivity contribution in [2.45, 2.75) is 44.2 Å². The number of nitrogen functional groups attached to an aromatic ring is 1. The van der Waals surface area contributed by atoms with Gasteiger partial charge in [0.2, 0.25) is 11.5 Å². The molecule has 0 spiro atoms. The minimum Gasteiger partial charge on any atom is -0.480 e. The van der Waals surface area contributed by atoms with E-state index in [2.05, 4.69) is 14.9 Å². The Morgan fingerprint density at radius 1 is 1.30 bits per heavy atom. The molecule has 1 aliphatic heterocycles. The Bertz CT molecular complexity index is 543. The van der Waals surface area contributed by atoms with Gasteiger partial charge < -0.3 is 15.7 Å². The molecule has 1 saturated carbocycles. The van der Waals surface area contributed by atoms with Crippen LogP contribution in [0.3, 0.4) is 0 Å². The molecule has 2 heterocycles. The first-order valence-electron chi connectivity index (χ1n) is 6.73. The molecule has 1 aliphatic carbocycles. The number of aromatic nitrogens is 2. The van der Waals surface area contributed by atoms with Crippen LogP contribution in [-0.2, 0) is 4.79 Å². The zero-order chi connectivity index (χ0) is 14.3. The number of likely N-dealkylation sites (tertiary alicyclic amines) is 1. The maximum Gasteiger partial charge on any atom is 0.326 e. The summed E-state index contributed by atoms with van der Waals surface area (Å²) in [6, 6.07) is -0.861. The van der Waals surface area contributed by atoms with Gasteiger partial charge in [0.05, 0.1) is 0 Å². The predicted octanol–water partition coefficient (Wildman–Crippen LogP) is 0.510. The molecule has 2 aliphatic rings. The van der Waals surface area contributed by atoms with Gasteiger partial charge in [0.15, 0.2) is 0 Å². The monoisotopic (exact) mass is 280 g/mol. The summed E-state index contributed by atoms with van der Waals surface area (Å²) in [5.41, 5.74) is 5.44. The van der Waals surface area contributed by atoms with Gasteiger partial charge in [0.25, 0.3) is 5.91 Å². The largest absolute Gasteiger partial charge is 0.480 e. The summed E-state index contributed by atoms with van der Waals surface area (Å²) < 4.78 is 4.44. The number of nitrogens with zero attached hydrogens (tertiary/aromatic N) is 3. The molecule has 3 atom stereocenters. The van der Waals surface area contributed by atoms with Gasteiger partial charge in [-0.05, 0) is 35.5 Å². The lowest BCUT2D eigenvalue weighted by Gasteiger charge is -2.32. The number of aliphatic carboxylic acids is 1. The number of nitrogens with two attached hydrogens (primary N) is 1. The van der Waals surface area contributed by atoms with Gasteiger partial charge in [-0.15, -0.1) is 0 Å². The molecule has 20 heavy (non-hydrogen) atoms. The van der Waals surface area contributed by atoms with E-state index in [1.165, 1.54) is 4.90 Å². The van der Waals surface area contributed by atoms with E-state index in [1.54, 1.807) is 0 Å². The topological polar surface area (TPSA) is 123 Å². The number of carboxylic acids is 1. The summed E-state index contributed by atoms with van der Waals surface area (Å²) >= 11 is 0. The Morgan fingerprint density at radius 3 is 2.70 bits per heavy atom. The Hall–Kier alpha value is -2.12. The van der Waals surface area contributed by atoms with Gasteiger partial charge in [0.1, 0.15) is 6.04 Å². The molecule has 3 N–H and O–H groups in total. The summed E-state index contributed by atoms with van der Waals surface area (Å²) in [4.78, 5) is 25.4. The van der Waals surface area contributed by atoms with Crippen LogP contribution in [0.25, 0.3) is 0 Å². The fourth-order valence-corrected chi connectivity index (χ4v) is 3.44. The highest BCUT2D eigenvalue weighted by molar-refractivity contribution is 5.98. The van der Waals surface area contributed by atoms with E-state index in [1.807, 2.05) is 0 Å². The van der Waals surface area contributed by atoms with Crippen molar-refractivity contribution in [2.75, 3.05) is 5.73 Å². The Balaban J connectivity index is 1.93. The number of anilines is 1. The van der Waals surface area contributed by atoms with Crippen LogP contribution >= 0.6 is 0 Å². The molecule has 1 amide bonds. The van der Waals surface area contributed by atoms with Crippen molar-refractivity contribution in [3.63, 3.8) is 0 Å². The quantitative estimate of drug-likeness (QED) is 0.809. The summed E-state index contributed by atoms with van der Waals surface area (Å²) in [6.07, 6.45) is 4.38. The van der Waals surface area contributed by atoms with Gasteiger partial charge in [-0.1, -0.05) is 12.8 Å². The van der Waals surface area contributed by atoms with Crippen LogP contribution in [0.4, 0.5) is 5.82 Å². The molecule has 8 heteroatoms. The average molecular weight is 280 g/mol. The Kier molecular flexibility index (Phi) is 3.07. The van der Waals surface area contributed by atoms with Crippen LogP contribution in [0.1, 0.15) is 42.6 Å². The number of carboxylic acid groups (broad SMARTS) is 1. The minimum atomic E-state index is -0.984.